The number of amides is 1. The monoisotopic (exact) mass is 498 g/mol. The molecule has 0 radical (unpaired) electrons. The fourth-order valence-electron chi connectivity index (χ4n) is 4.42. The lowest BCUT2D eigenvalue weighted by molar-refractivity contribution is -0.120. The Kier molecular flexibility index (Phi) is 5.98. The number of hydrogen-bond donors (Lipinski definition) is 2. The highest BCUT2D eigenvalue weighted by Crippen LogP contribution is 2.37. The second-order valence-corrected chi connectivity index (χ2v) is 11.6. The van der Waals surface area contributed by atoms with E-state index in [9.17, 15) is 13.2 Å². The lowest BCUT2D eigenvalue weighted by Crippen LogP contribution is -2.39. The molecule has 2 aromatic heterocycles. The van der Waals surface area contributed by atoms with E-state index in [-0.39, 0.29) is 21.7 Å². The Labute approximate surface area is 202 Å². The number of fused-ring (bicyclic) bond motifs is 1. The summed E-state index contributed by atoms with van der Waals surface area (Å²) in [6.45, 7) is 6.36. The molecule has 2 N–H and O–H groups in total. The number of aryl methyl sites for hydroxylation is 1. The van der Waals surface area contributed by atoms with Crippen LogP contribution < -0.4 is 15.5 Å². The highest BCUT2D eigenvalue weighted by molar-refractivity contribution is 7.91. The van der Waals surface area contributed by atoms with Crippen LogP contribution in [0.4, 0.5) is 16.8 Å². The van der Waals surface area contributed by atoms with E-state index in [1.165, 1.54) is 5.38 Å². The van der Waals surface area contributed by atoms with Gasteiger partial charge in [0.1, 0.15) is 18.0 Å². The molecule has 2 aliphatic rings. The van der Waals surface area contributed by atoms with E-state index in [1.54, 1.807) is 30.6 Å². The molecule has 4 heterocycles. The Hall–Kier alpha value is -3.05. The van der Waals surface area contributed by atoms with Crippen molar-refractivity contribution >= 4 is 43.8 Å². The van der Waals surface area contributed by atoms with E-state index in [2.05, 4.69) is 37.4 Å². The van der Waals surface area contributed by atoms with Crippen LogP contribution >= 0.6 is 11.3 Å². The number of rotatable bonds is 5. The largest absolute Gasteiger partial charge is 0.369 e. The first kappa shape index (κ1) is 22.7. The Morgan fingerprint density at radius 3 is 2.65 bits per heavy atom. The van der Waals surface area contributed by atoms with Gasteiger partial charge in [0.25, 0.3) is 0 Å². The molecule has 1 amide bonds. The van der Waals surface area contributed by atoms with Crippen molar-refractivity contribution in [1.29, 1.82) is 0 Å². The zero-order valence-electron chi connectivity index (χ0n) is 19.0. The fourth-order valence-corrected chi connectivity index (χ4v) is 6.66. The molecule has 5 rings (SSSR count). The van der Waals surface area contributed by atoms with Crippen LogP contribution in [0.1, 0.15) is 36.8 Å². The summed E-state index contributed by atoms with van der Waals surface area (Å²) in [5, 5.41) is 7.86. The summed E-state index contributed by atoms with van der Waals surface area (Å²) in [4.78, 5) is 28.3. The molecule has 1 fully saturated rings. The molecule has 11 heteroatoms. The van der Waals surface area contributed by atoms with Crippen LogP contribution in [0.25, 0.3) is 0 Å². The molecule has 1 atom stereocenters. The number of sulfone groups is 1. The number of anilines is 3. The van der Waals surface area contributed by atoms with Crippen LogP contribution in [0.3, 0.4) is 0 Å². The molecule has 2 aliphatic heterocycles. The van der Waals surface area contributed by atoms with Gasteiger partial charge in [-0.1, -0.05) is 24.6 Å². The van der Waals surface area contributed by atoms with Gasteiger partial charge in [0.15, 0.2) is 10.2 Å². The summed E-state index contributed by atoms with van der Waals surface area (Å²) < 4.78 is 25.7. The third-order valence-corrected chi connectivity index (χ3v) is 8.98. The number of nitrogens with zero attached hydrogens (tertiary/aromatic N) is 4. The average molecular weight is 499 g/mol. The summed E-state index contributed by atoms with van der Waals surface area (Å²) >= 11 is 1.12. The van der Waals surface area contributed by atoms with Crippen LogP contribution in [0.5, 0.6) is 0 Å². The number of nitrogens with one attached hydrogen (secondary N) is 2. The van der Waals surface area contributed by atoms with Gasteiger partial charge in [-0.3, -0.25) is 4.79 Å². The number of piperidine rings is 1. The van der Waals surface area contributed by atoms with Gasteiger partial charge in [0.2, 0.25) is 15.7 Å². The molecular formula is C23H26N6O3S2. The van der Waals surface area contributed by atoms with Crippen molar-refractivity contribution in [3.63, 3.8) is 0 Å². The van der Waals surface area contributed by atoms with E-state index in [1.807, 2.05) is 6.92 Å². The Balaban J connectivity index is 1.22. The zero-order valence-corrected chi connectivity index (χ0v) is 20.6. The topological polar surface area (TPSA) is 117 Å². The maximum atomic E-state index is 12.9. The number of thiazole rings is 1. The van der Waals surface area contributed by atoms with E-state index in [4.69, 9.17) is 0 Å². The third-order valence-electron chi connectivity index (χ3n) is 6.42. The van der Waals surface area contributed by atoms with Crippen molar-refractivity contribution in [2.45, 2.75) is 42.5 Å². The van der Waals surface area contributed by atoms with Gasteiger partial charge in [-0.25, -0.2) is 23.4 Å². The molecule has 0 spiro atoms. The molecular weight excluding hydrogens is 472 g/mol. The fraction of sp³-hybridized carbons (Fsp3) is 0.391. The first-order valence-electron chi connectivity index (χ1n) is 11.2. The van der Waals surface area contributed by atoms with E-state index in [0.717, 1.165) is 53.7 Å². The Morgan fingerprint density at radius 1 is 1.18 bits per heavy atom. The number of benzene rings is 1. The SMILES string of the molecule is Cc1ccc(S(=O)(=O)c2csc(NC(=O)C3CCN(c4ncnc5c4C(C)CN5)CC3)n2)cc1. The van der Waals surface area contributed by atoms with Crippen molar-refractivity contribution in [2.75, 3.05) is 35.2 Å². The molecule has 1 aromatic carbocycles. The highest BCUT2D eigenvalue weighted by Gasteiger charge is 2.31. The normalized spacial score (nSPS) is 18.4. The molecule has 1 unspecified atom stereocenters. The molecule has 9 nitrogen and oxygen atoms in total. The van der Waals surface area contributed by atoms with Gasteiger partial charge in [0, 0.05) is 42.4 Å². The molecule has 34 heavy (non-hydrogen) atoms. The van der Waals surface area contributed by atoms with Gasteiger partial charge in [-0.15, -0.1) is 11.3 Å². The van der Waals surface area contributed by atoms with E-state index >= 15 is 0 Å². The highest BCUT2D eigenvalue weighted by atomic mass is 32.2. The lowest BCUT2D eigenvalue weighted by atomic mass is 9.95. The standard InChI is InChI=1S/C23H26N6O3S2/c1-14-3-5-17(6-4-14)34(31,32)18-12-33-23(27-18)28-22(30)16-7-9-29(10-8-16)21-19-15(2)11-24-20(19)25-13-26-21/h3-6,12-13,15-16H,7-11H2,1-2H3,(H,24,25,26)(H,27,28,30). The van der Waals surface area contributed by atoms with Crippen molar-refractivity contribution in [3.8, 4) is 0 Å². The molecule has 3 aromatic rings. The number of aromatic nitrogens is 3. The van der Waals surface area contributed by atoms with E-state index < -0.39 is 9.84 Å². The summed E-state index contributed by atoms with van der Waals surface area (Å²) in [7, 11) is -3.72. The zero-order chi connectivity index (χ0) is 23.9. The second-order valence-electron chi connectivity index (χ2n) is 8.80. The number of carbonyl (C=O) groups is 1. The predicted molar refractivity (Wildman–Crippen MR) is 131 cm³/mol. The summed E-state index contributed by atoms with van der Waals surface area (Å²) in [5.41, 5.74) is 2.13. The number of carbonyl (C=O) groups excluding carboxylic acids is 1. The van der Waals surface area contributed by atoms with Crippen LogP contribution in [0.15, 0.2) is 45.9 Å². The third kappa shape index (κ3) is 4.25. The van der Waals surface area contributed by atoms with E-state index in [0.29, 0.717) is 23.9 Å². The lowest BCUT2D eigenvalue weighted by Gasteiger charge is -2.33. The van der Waals surface area contributed by atoms with Crippen LogP contribution in [0.2, 0.25) is 0 Å². The maximum absolute atomic E-state index is 12.9. The van der Waals surface area contributed by atoms with Crippen LogP contribution in [-0.4, -0.2) is 48.9 Å². The maximum Gasteiger partial charge on any atom is 0.229 e. The van der Waals surface area contributed by atoms with Crippen LogP contribution in [0, 0.1) is 12.8 Å². The summed E-state index contributed by atoms with van der Waals surface area (Å²) in [6.07, 6.45) is 2.96. The van der Waals surface area contributed by atoms with Gasteiger partial charge in [-0.05, 0) is 31.9 Å². The molecule has 0 aliphatic carbocycles. The number of hydrogen-bond acceptors (Lipinski definition) is 9. The minimum Gasteiger partial charge on any atom is -0.369 e. The van der Waals surface area contributed by atoms with Gasteiger partial charge >= 0.3 is 0 Å². The predicted octanol–water partition coefficient (Wildman–Crippen LogP) is 3.46. The quantitative estimate of drug-likeness (QED) is 0.549. The molecule has 0 saturated carbocycles. The first-order valence-corrected chi connectivity index (χ1v) is 13.6. The Bertz CT molecular complexity index is 1310. The summed E-state index contributed by atoms with van der Waals surface area (Å²) in [5.74, 6) is 1.91. The van der Waals surface area contributed by atoms with Crippen molar-refractivity contribution < 1.29 is 13.2 Å². The first-order chi connectivity index (χ1) is 16.3. The average Bonchev–Trinajstić information content (AvgIpc) is 3.47. The van der Waals surface area contributed by atoms with Crippen molar-refractivity contribution in [3.05, 3.63) is 47.1 Å². The van der Waals surface area contributed by atoms with Crippen molar-refractivity contribution in [2.24, 2.45) is 5.92 Å². The molecule has 0 bridgehead atoms. The minimum atomic E-state index is -3.72. The Morgan fingerprint density at radius 2 is 1.91 bits per heavy atom. The van der Waals surface area contributed by atoms with Crippen LogP contribution in [-0.2, 0) is 14.6 Å². The van der Waals surface area contributed by atoms with Gasteiger partial charge in [-0.2, -0.15) is 0 Å². The van der Waals surface area contributed by atoms with Gasteiger partial charge in [0.05, 0.1) is 4.90 Å². The second kappa shape index (κ2) is 8.95. The molecule has 1 saturated heterocycles. The molecule has 178 valence electrons. The minimum absolute atomic E-state index is 0.0492. The summed E-state index contributed by atoms with van der Waals surface area (Å²) in [6, 6.07) is 6.64. The smallest absolute Gasteiger partial charge is 0.229 e. The van der Waals surface area contributed by atoms with Crippen molar-refractivity contribution in [1.82, 2.24) is 15.0 Å². The van der Waals surface area contributed by atoms with Gasteiger partial charge < -0.3 is 15.5 Å².